The SMILES string of the molecule is O=C(c1ccc2cn[nH]c2c1)N1CCNCC1. The number of hydrogen-bond acceptors (Lipinski definition) is 3. The molecule has 0 spiro atoms. The molecule has 0 atom stereocenters. The number of benzene rings is 1. The van der Waals surface area contributed by atoms with E-state index in [-0.39, 0.29) is 5.91 Å². The highest BCUT2D eigenvalue weighted by molar-refractivity contribution is 5.97. The number of carbonyl (C=O) groups excluding carboxylic acids is 1. The van der Waals surface area contributed by atoms with Crippen molar-refractivity contribution in [3.63, 3.8) is 0 Å². The van der Waals surface area contributed by atoms with Crippen molar-refractivity contribution in [2.45, 2.75) is 0 Å². The van der Waals surface area contributed by atoms with E-state index in [9.17, 15) is 4.79 Å². The molecule has 0 saturated carbocycles. The van der Waals surface area contributed by atoms with E-state index in [0.29, 0.717) is 0 Å². The first-order valence-corrected chi connectivity index (χ1v) is 5.78. The lowest BCUT2D eigenvalue weighted by atomic mass is 10.1. The number of aromatic amines is 1. The normalized spacial score (nSPS) is 16.4. The molecule has 1 aliphatic heterocycles. The molecule has 0 aliphatic carbocycles. The van der Waals surface area contributed by atoms with Crippen LogP contribution < -0.4 is 5.32 Å². The van der Waals surface area contributed by atoms with E-state index in [4.69, 9.17) is 0 Å². The van der Waals surface area contributed by atoms with Crippen molar-refractivity contribution >= 4 is 16.8 Å². The summed E-state index contributed by atoms with van der Waals surface area (Å²) >= 11 is 0. The van der Waals surface area contributed by atoms with E-state index in [2.05, 4.69) is 15.5 Å². The molecule has 5 heteroatoms. The lowest BCUT2D eigenvalue weighted by molar-refractivity contribution is 0.0736. The fraction of sp³-hybridized carbons (Fsp3) is 0.333. The van der Waals surface area contributed by atoms with E-state index in [1.54, 1.807) is 6.20 Å². The Labute approximate surface area is 98.8 Å². The Kier molecular flexibility index (Phi) is 2.53. The first-order chi connectivity index (χ1) is 8.34. The van der Waals surface area contributed by atoms with Crippen LogP contribution in [0.1, 0.15) is 10.4 Å². The molecule has 5 nitrogen and oxygen atoms in total. The molecular weight excluding hydrogens is 216 g/mol. The lowest BCUT2D eigenvalue weighted by Gasteiger charge is -2.27. The standard InChI is InChI=1S/C12H14N4O/c17-12(16-5-3-13-4-6-16)9-1-2-10-8-14-15-11(10)7-9/h1-2,7-8,13H,3-6H2,(H,14,15). The van der Waals surface area contributed by atoms with E-state index >= 15 is 0 Å². The van der Waals surface area contributed by atoms with Gasteiger partial charge in [0.2, 0.25) is 0 Å². The van der Waals surface area contributed by atoms with Crippen LogP contribution in [0, 0.1) is 0 Å². The Morgan fingerprint density at radius 3 is 2.94 bits per heavy atom. The molecule has 1 aromatic carbocycles. The number of rotatable bonds is 1. The Bertz CT molecular complexity index is 542. The second-order valence-corrected chi connectivity index (χ2v) is 4.21. The van der Waals surface area contributed by atoms with E-state index in [1.165, 1.54) is 0 Å². The van der Waals surface area contributed by atoms with E-state index in [0.717, 1.165) is 42.6 Å². The fourth-order valence-electron chi connectivity index (χ4n) is 2.12. The van der Waals surface area contributed by atoms with Crippen molar-refractivity contribution < 1.29 is 4.79 Å². The number of carbonyl (C=O) groups is 1. The molecule has 1 aliphatic rings. The maximum Gasteiger partial charge on any atom is 0.254 e. The number of H-pyrrole nitrogens is 1. The highest BCUT2D eigenvalue weighted by atomic mass is 16.2. The molecule has 2 heterocycles. The lowest BCUT2D eigenvalue weighted by Crippen LogP contribution is -2.46. The van der Waals surface area contributed by atoms with E-state index in [1.807, 2.05) is 23.1 Å². The smallest absolute Gasteiger partial charge is 0.254 e. The highest BCUT2D eigenvalue weighted by Gasteiger charge is 2.18. The zero-order valence-electron chi connectivity index (χ0n) is 9.44. The Morgan fingerprint density at radius 2 is 2.12 bits per heavy atom. The monoisotopic (exact) mass is 230 g/mol. The zero-order chi connectivity index (χ0) is 11.7. The van der Waals surface area contributed by atoms with Gasteiger partial charge in [-0.2, -0.15) is 5.10 Å². The average molecular weight is 230 g/mol. The van der Waals surface area contributed by atoms with Gasteiger partial charge in [0.1, 0.15) is 0 Å². The molecule has 3 rings (SSSR count). The maximum absolute atomic E-state index is 12.2. The van der Waals surface area contributed by atoms with Gasteiger partial charge in [-0.25, -0.2) is 0 Å². The van der Waals surface area contributed by atoms with Crippen molar-refractivity contribution in [1.82, 2.24) is 20.4 Å². The van der Waals surface area contributed by atoms with Gasteiger partial charge in [-0.05, 0) is 12.1 Å². The van der Waals surface area contributed by atoms with Crippen LogP contribution in [0.15, 0.2) is 24.4 Å². The van der Waals surface area contributed by atoms with Gasteiger partial charge < -0.3 is 10.2 Å². The molecule has 1 aromatic heterocycles. The first-order valence-electron chi connectivity index (χ1n) is 5.78. The van der Waals surface area contributed by atoms with Crippen LogP contribution in [0.3, 0.4) is 0 Å². The number of fused-ring (bicyclic) bond motifs is 1. The summed E-state index contributed by atoms with van der Waals surface area (Å²) in [4.78, 5) is 14.1. The molecule has 0 bridgehead atoms. The van der Waals surface area contributed by atoms with Gasteiger partial charge in [-0.15, -0.1) is 0 Å². The van der Waals surface area contributed by atoms with Crippen LogP contribution in [-0.4, -0.2) is 47.2 Å². The van der Waals surface area contributed by atoms with Crippen molar-refractivity contribution in [3.05, 3.63) is 30.0 Å². The second-order valence-electron chi connectivity index (χ2n) is 4.21. The molecule has 1 fully saturated rings. The average Bonchev–Trinajstić information content (AvgIpc) is 2.86. The van der Waals surface area contributed by atoms with E-state index < -0.39 is 0 Å². The minimum absolute atomic E-state index is 0.100. The number of aromatic nitrogens is 2. The molecular formula is C12H14N4O. The third-order valence-corrected chi connectivity index (χ3v) is 3.09. The van der Waals surface area contributed by atoms with Gasteiger partial charge in [-0.1, -0.05) is 6.07 Å². The second kappa shape index (κ2) is 4.18. The maximum atomic E-state index is 12.2. The Hall–Kier alpha value is -1.88. The quantitative estimate of drug-likeness (QED) is 0.754. The summed E-state index contributed by atoms with van der Waals surface area (Å²) in [7, 11) is 0. The van der Waals surface area contributed by atoms with Gasteiger partial charge >= 0.3 is 0 Å². The summed E-state index contributed by atoms with van der Waals surface area (Å²) in [6.07, 6.45) is 1.76. The van der Waals surface area contributed by atoms with Gasteiger partial charge in [-0.3, -0.25) is 9.89 Å². The molecule has 1 saturated heterocycles. The third kappa shape index (κ3) is 1.89. The zero-order valence-corrected chi connectivity index (χ0v) is 9.44. The summed E-state index contributed by atoms with van der Waals surface area (Å²) in [5.41, 5.74) is 1.63. The predicted molar refractivity (Wildman–Crippen MR) is 64.9 cm³/mol. The minimum atomic E-state index is 0.100. The minimum Gasteiger partial charge on any atom is -0.336 e. The summed E-state index contributed by atoms with van der Waals surface area (Å²) in [6.45, 7) is 3.30. The molecule has 88 valence electrons. The number of nitrogens with zero attached hydrogens (tertiary/aromatic N) is 2. The summed E-state index contributed by atoms with van der Waals surface area (Å²) in [5.74, 6) is 0.100. The number of amides is 1. The predicted octanol–water partition coefficient (Wildman–Crippen LogP) is 0.608. The topological polar surface area (TPSA) is 61.0 Å². The summed E-state index contributed by atoms with van der Waals surface area (Å²) < 4.78 is 0. The Balaban J connectivity index is 1.88. The molecule has 0 unspecified atom stereocenters. The largest absolute Gasteiger partial charge is 0.336 e. The van der Waals surface area contributed by atoms with Crippen molar-refractivity contribution in [3.8, 4) is 0 Å². The van der Waals surface area contributed by atoms with Crippen LogP contribution in [0.25, 0.3) is 10.9 Å². The van der Waals surface area contributed by atoms with Crippen LogP contribution >= 0.6 is 0 Å². The molecule has 17 heavy (non-hydrogen) atoms. The third-order valence-electron chi connectivity index (χ3n) is 3.09. The summed E-state index contributed by atoms with van der Waals surface area (Å²) in [6, 6.07) is 5.66. The molecule has 1 amide bonds. The van der Waals surface area contributed by atoms with Gasteiger partial charge in [0, 0.05) is 37.1 Å². The summed E-state index contributed by atoms with van der Waals surface area (Å²) in [5, 5.41) is 11.1. The number of hydrogen-bond donors (Lipinski definition) is 2. The number of piperazine rings is 1. The van der Waals surface area contributed by atoms with Crippen molar-refractivity contribution in [1.29, 1.82) is 0 Å². The molecule has 0 radical (unpaired) electrons. The van der Waals surface area contributed by atoms with Crippen LogP contribution in [0.5, 0.6) is 0 Å². The van der Waals surface area contributed by atoms with Crippen molar-refractivity contribution in [2.75, 3.05) is 26.2 Å². The fourth-order valence-corrected chi connectivity index (χ4v) is 2.12. The first kappa shape index (κ1) is 10.3. The Morgan fingerprint density at radius 1 is 1.29 bits per heavy atom. The van der Waals surface area contributed by atoms with Crippen LogP contribution in [-0.2, 0) is 0 Å². The molecule has 2 aromatic rings. The van der Waals surface area contributed by atoms with Crippen LogP contribution in [0.4, 0.5) is 0 Å². The van der Waals surface area contributed by atoms with Gasteiger partial charge in [0.25, 0.3) is 5.91 Å². The highest BCUT2D eigenvalue weighted by Crippen LogP contribution is 2.14. The van der Waals surface area contributed by atoms with Crippen LogP contribution in [0.2, 0.25) is 0 Å². The van der Waals surface area contributed by atoms with Crippen molar-refractivity contribution in [2.24, 2.45) is 0 Å². The van der Waals surface area contributed by atoms with Gasteiger partial charge in [0.15, 0.2) is 0 Å². The molecule has 2 N–H and O–H groups in total. The number of nitrogens with one attached hydrogen (secondary N) is 2. The van der Waals surface area contributed by atoms with Gasteiger partial charge in [0.05, 0.1) is 11.7 Å².